The second-order valence-electron chi connectivity index (χ2n) is 6.45. The zero-order valence-corrected chi connectivity index (χ0v) is 15.5. The van der Waals surface area contributed by atoms with E-state index in [-0.39, 0.29) is 11.5 Å². The number of hydrogen-bond donors (Lipinski definition) is 0. The highest BCUT2D eigenvalue weighted by atomic mass is 19.3. The number of fused-ring (bicyclic) bond motifs is 1. The van der Waals surface area contributed by atoms with Gasteiger partial charge in [0.05, 0.1) is 24.4 Å². The summed E-state index contributed by atoms with van der Waals surface area (Å²) in [5.74, 6) is -0.372. The molecule has 1 atom stereocenters. The van der Waals surface area contributed by atoms with Gasteiger partial charge in [0.25, 0.3) is 0 Å². The third-order valence-electron chi connectivity index (χ3n) is 4.77. The number of ether oxygens (including phenoxy) is 2. The number of alkyl halides is 2. The first kappa shape index (κ1) is 18.8. The van der Waals surface area contributed by atoms with E-state index >= 15 is 0 Å². The lowest BCUT2D eigenvalue weighted by atomic mass is 9.92. The lowest BCUT2D eigenvalue weighted by Gasteiger charge is -2.16. The zero-order valence-electron chi connectivity index (χ0n) is 15.5. The lowest BCUT2D eigenvalue weighted by molar-refractivity contribution is -0.0504. The van der Waals surface area contributed by atoms with Crippen LogP contribution in [0.2, 0.25) is 0 Å². The summed E-state index contributed by atoms with van der Waals surface area (Å²) in [4.78, 5) is 17.9. The molecule has 6 heteroatoms. The molecule has 1 aliphatic rings. The molecule has 0 spiro atoms. The Hall–Kier alpha value is -3.54. The summed E-state index contributed by atoms with van der Waals surface area (Å²) in [6, 6.07) is 20.5. The van der Waals surface area contributed by atoms with Crippen LogP contribution in [-0.2, 0) is 0 Å². The van der Waals surface area contributed by atoms with Gasteiger partial charge in [-0.15, -0.1) is 0 Å². The minimum atomic E-state index is -2.99. The van der Waals surface area contributed by atoms with E-state index in [9.17, 15) is 13.6 Å². The van der Waals surface area contributed by atoms with Crippen LogP contribution in [0.5, 0.6) is 11.5 Å². The zero-order chi connectivity index (χ0) is 20.4. The predicted molar refractivity (Wildman–Crippen MR) is 106 cm³/mol. The number of benzene rings is 3. The molecular weight excluding hydrogens is 376 g/mol. The van der Waals surface area contributed by atoms with Gasteiger partial charge in [0.1, 0.15) is 11.5 Å². The Morgan fingerprint density at radius 3 is 2.24 bits per heavy atom. The minimum absolute atomic E-state index is 0.0314. The van der Waals surface area contributed by atoms with Crippen LogP contribution in [0.25, 0.3) is 0 Å². The number of rotatable bonds is 5. The van der Waals surface area contributed by atoms with Gasteiger partial charge in [-0.1, -0.05) is 42.5 Å². The third kappa shape index (κ3) is 3.61. The van der Waals surface area contributed by atoms with Crippen LogP contribution in [0, 0.1) is 0 Å². The van der Waals surface area contributed by atoms with Crippen molar-refractivity contribution in [1.82, 2.24) is 0 Å². The molecule has 0 fully saturated rings. The quantitative estimate of drug-likeness (QED) is 0.583. The maximum Gasteiger partial charge on any atom is 0.387 e. The van der Waals surface area contributed by atoms with Gasteiger partial charge in [0.15, 0.2) is 5.78 Å². The molecule has 0 saturated carbocycles. The number of methoxy groups -OCH3 is 1. The van der Waals surface area contributed by atoms with Crippen LogP contribution in [0.15, 0.2) is 77.8 Å². The van der Waals surface area contributed by atoms with Gasteiger partial charge in [-0.05, 0) is 30.3 Å². The average molecular weight is 393 g/mol. The second-order valence-corrected chi connectivity index (χ2v) is 6.45. The molecule has 0 heterocycles. The normalized spacial score (nSPS) is 16.9. The molecule has 4 nitrogen and oxygen atoms in total. The van der Waals surface area contributed by atoms with E-state index < -0.39 is 12.5 Å². The summed E-state index contributed by atoms with van der Waals surface area (Å²) >= 11 is 0. The monoisotopic (exact) mass is 393 g/mol. The molecular formula is C23H17F2NO3. The van der Waals surface area contributed by atoms with E-state index in [1.807, 2.05) is 12.1 Å². The summed E-state index contributed by atoms with van der Waals surface area (Å²) in [6.07, 6.45) is 0. The Bertz CT molecular complexity index is 1080. The summed E-state index contributed by atoms with van der Waals surface area (Å²) in [5.41, 5.74) is 2.69. The Kier molecular flexibility index (Phi) is 5.08. The highest BCUT2D eigenvalue weighted by Gasteiger charge is 2.39. The van der Waals surface area contributed by atoms with Gasteiger partial charge in [-0.25, -0.2) is 0 Å². The van der Waals surface area contributed by atoms with Gasteiger partial charge in [0.2, 0.25) is 0 Å². The fraction of sp³-hybridized carbons (Fsp3) is 0.130. The SMILES string of the molecule is COc1ccc(N=C2c3ccccc3C(=O)[C@H]2c2ccccc2OC(F)F)cc1. The molecule has 3 aromatic rings. The van der Waals surface area contributed by atoms with Crippen molar-refractivity contribution in [3.05, 3.63) is 89.5 Å². The number of carbonyl (C=O) groups is 1. The van der Waals surface area contributed by atoms with Crippen molar-refractivity contribution < 1.29 is 23.0 Å². The summed E-state index contributed by atoms with van der Waals surface area (Å²) in [7, 11) is 1.57. The Labute approximate surface area is 166 Å². The molecule has 0 N–H and O–H groups in total. The van der Waals surface area contributed by atoms with Gasteiger partial charge in [0, 0.05) is 16.7 Å². The first-order chi connectivity index (χ1) is 14.1. The number of para-hydroxylation sites is 1. The molecule has 1 aliphatic carbocycles. The van der Waals surface area contributed by atoms with Crippen LogP contribution < -0.4 is 9.47 Å². The van der Waals surface area contributed by atoms with E-state index in [0.29, 0.717) is 33.8 Å². The first-order valence-corrected chi connectivity index (χ1v) is 8.98. The second kappa shape index (κ2) is 7.83. The number of hydrogen-bond acceptors (Lipinski definition) is 4. The highest BCUT2D eigenvalue weighted by molar-refractivity contribution is 6.32. The maximum absolute atomic E-state index is 13.2. The fourth-order valence-corrected chi connectivity index (χ4v) is 3.49. The molecule has 0 bridgehead atoms. The van der Waals surface area contributed by atoms with Crippen molar-refractivity contribution in [3.8, 4) is 11.5 Å². The van der Waals surface area contributed by atoms with Gasteiger partial charge in [-0.2, -0.15) is 8.78 Å². The third-order valence-corrected chi connectivity index (χ3v) is 4.77. The van der Waals surface area contributed by atoms with Crippen molar-refractivity contribution >= 4 is 17.2 Å². The van der Waals surface area contributed by atoms with Crippen molar-refractivity contribution in [2.45, 2.75) is 12.5 Å². The van der Waals surface area contributed by atoms with Crippen LogP contribution in [0.1, 0.15) is 27.4 Å². The number of halogens is 2. The van der Waals surface area contributed by atoms with Gasteiger partial charge < -0.3 is 9.47 Å². The van der Waals surface area contributed by atoms with E-state index in [1.165, 1.54) is 6.07 Å². The molecule has 0 radical (unpaired) electrons. The Morgan fingerprint density at radius 2 is 1.55 bits per heavy atom. The molecule has 0 unspecified atom stereocenters. The number of nitrogens with zero attached hydrogens (tertiary/aromatic N) is 1. The van der Waals surface area contributed by atoms with Crippen molar-refractivity contribution in [2.24, 2.45) is 4.99 Å². The van der Waals surface area contributed by atoms with E-state index in [1.54, 1.807) is 61.7 Å². The van der Waals surface area contributed by atoms with Crippen LogP contribution >= 0.6 is 0 Å². The number of ketones is 1. The summed E-state index contributed by atoms with van der Waals surface area (Å²) < 4.78 is 35.7. The van der Waals surface area contributed by atoms with E-state index in [4.69, 9.17) is 9.73 Å². The molecule has 0 amide bonds. The molecule has 3 aromatic carbocycles. The van der Waals surface area contributed by atoms with Crippen molar-refractivity contribution in [2.75, 3.05) is 7.11 Å². The number of carbonyl (C=O) groups excluding carboxylic acids is 1. The number of Topliss-reactive ketones (excluding diaryl/α,β-unsaturated/α-hetero) is 1. The smallest absolute Gasteiger partial charge is 0.387 e. The molecule has 4 rings (SSSR count). The van der Waals surface area contributed by atoms with Gasteiger partial charge in [-0.3, -0.25) is 9.79 Å². The van der Waals surface area contributed by atoms with Crippen molar-refractivity contribution in [1.29, 1.82) is 0 Å². The first-order valence-electron chi connectivity index (χ1n) is 8.98. The number of aliphatic imine (C=N–C) groups is 1. The van der Waals surface area contributed by atoms with Crippen molar-refractivity contribution in [3.63, 3.8) is 0 Å². The Morgan fingerprint density at radius 1 is 0.897 bits per heavy atom. The van der Waals surface area contributed by atoms with E-state index in [2.05, 4.69) is 4.74 Å². The average Bonchev–Trinajstić information content (AvgIpc) is 3.01. The lowest BCUT2D eigenvalue weighted by Crippen LogP contribution is -2.16. The summed E-state index contributed by atoms with van der Waals surface area (Å²) in [6.45, 7) is -2.99. The van der Waals surface area contributed by atoms with Crippen LogP contribution in [-0.4, -0.2) is 25.2 Å². The standard InChI is InChI=1S/C23H17F2NO3/c1-28-15-12-10-14(11-13-15)26-21-16-6-2-3-7-17(16)22(27)20(21)18-8-4-5-9-19(18)29-23(24)25/h2-13,20,23H,1H3/t20-/m0/s1. The fourth-order valence-electron chi connectivity index (χ4n) is 3.49. The summed E-state index contributed by atoms with van der Waals surface area (Å²) in [5, 5.41) is 0. The molecule has 146 valence electrons. The molecule has 0 saturated heterocycles. The predicted octanol–water partition coefficient (Wildman–Crippen LogP) is 5.40. The van der Waals surface area contributed by atoms with Crippen LogP contribution in [0.3, 0.4) is 0 Å². The largest absolute Gasteiger partial charge is 0.497 e. The minimum Gasteiger partial charge on any atom is -0.497 e. The molecule has 0 aliphatic heterocycles. The van der Waals surface area contributed by atoms with E-state index in [0.717, 1.165) is 0 Å². The van der Waals surface area contributed by atoms with Crippen LogP contribution in [0.4, 0.5) is 14.5 Å². The Balaban J connectivity index is 1.86. The molecule has 0 aromatic heterocycles. The highest BCUT2D eigenvalue weighted by Crippen LogP contribution is 2.40. The topological polar surface area (TPSA) is 47.9 Å². The maximum atomic E-state index is 13.2. The molecule has 29 heavy (non-hydrogen) atoms. The van der Waals surface area contributed by atoms with Gasteiger partial charge >= 0.3 is 6.61 Å².